The predicted molar refractivity (Wildman–Crippen MR) is 89.4 cm³/mol. The summed E-state index contributed by atoms with van der Waals surface area (Å²) >= 11 is 1.34. The zero-order chi connectivity index (χ0) is 16.4. The first-order valence-electron chi connectivity index (χ1n) is 6.86. The molecule has 0 unspecified atom stereocenters. The van der Waals surface area contributed by atoms with E-state index in [0.717, 1.165) is 5.69 Å². The van der Waals surface area contributed by atoms with E-state index in [4.69, 9.17) is 0 Å². The maximum absolute atomic E-state index is 12.1. The van der Waals surface area contributed by atoms with Gasteiger partial charge in [0.05, 0.1) is 11.4 Å². The van der Waals surface area contributed by atoms with Crippen molar-refractivity contribution in [1.82, 2.24) is 4.98 Å². The van der Waals surface area contributed by atoms with E-state index in [9.17, 15) is 13.2 Å². The van der Waals surface area contributed by atoms with Gasteiger partial charge in [-0.25, -0.2) is 4.98 Å². The molecule has 0 saturated carbocycles. The number of hydrogen-bond acceptors (Lipinski definition) is 6. The van der Waals surface area contributed by atoms with E-state index in [2.05, 4.69) is 20.0 Å². The first-order valence-corrected chi connectivity index (χ1v) is 9.18. The summed E-state index contributed by atoms with van der Waals surface area (Å²) in [5.74, 6) is 0.0225. The van der Waals surface area contributed by atoms with Gasteiger partial charge in [-0.3, -0.25) is 4.79 Å². The van der Waals surface area contributed by atoms with Crippen LogP contribution in [0.25, 0.3) is 0 Å². The van der Waals surface area contributed by atoms with Crippen LogP contribution in [0.15, 0.2) is 38.9 Å². The molecule has 1 aliphatic rings. The van der Waals surface area contributed by atoms with Crippen LogP contribution in [0, 0.1) is 6.92 Å². The van der Waals surface area contributed by atoms with Gasteiger partial charge in [0.25, 0.3) is 10.0 Å². The minimum atomic E-state index is -3.71. The number of sulfonamides is 1. The average Bonchev–Trinajstić information content (AvgIpc) is 2.90. The smallest absolute Gasteiger partial charge is 0.286 e. The molecule has 2 aromatic rings. The number of aromatic nitrogens is 1. The molecule has 0 radical (unpaired) electrons. The molecule has 0 atom stereocenters. The first kappa shape index (κ1) is 15.6. The van der Waals surface area contributed by atoms with Crippen LogP contribution in [0.2, 0.25) is 0 Å². The van der Waals surface area contributed by atoms with Crippen molar-refractivity contribution in [3.63, 3.8) is 0 Å². The molecule has 120 valence electrons. The molecule has 1 aromatic heterocycles. The van der Waals surface area contributed by atoms with Crippen LogP contribution in [0.4, 0.5) is 10.8 Å². The fraction of sp³-hybridized carbons (Fsp3) is 0.214. The third-order valence-electron chi connectivity index (χ3n) is 3.13. The van der Waals surface area contributed by atoms with Crippen molar-refractivity contribution in [3.8, 4) is 0 Å². The molecule has 1 amide bonds. The third kappa shape index (κ3) is 3.57. The quantitative estimate of drug-likeness (QED) is 0.882. The second kappa shape index (κ2) is 6.09. The lowest BCUT2D eigenvalue weighted by atomic mass is 10.2. The molecule has 0 saturated heterocycles. The number of carbonyl (C=O) groups is 1. The maximum atomic E-state index is 12.1. The second-order valence-corrected chi connectivity index (χ2v) is 7.41. The molecule has 0 aliphatic carbocycles. The molecule has 1 aliphatic heterocycles. The van der Waals surface area contributed by atoms with Crippen molar-refractivity contribution in [1.29, 1.82) is 0 Å². The Balaban J connectivity index is 1.65. The standard InChI is InChI=1S/C14H14N4O3S2/c1-9-8-22-14(15-9)17-13(19)7-6-12-16-10-4-2-3-5-11(10)23(20,21)18-12/h2-5,8H,6-7H2,1H3,(H,16,18)(H,15,17,19). The first-order chi connectivity index (χ1) is 10.9. The number of nitrogens with one attached hydrogen (secondary N) is 2. The number of amides is 1. The molecular formula is C14H14N4O3S2. The van der Waals surface area contributed by atoms with E-state index in [1.807, 2.05) is 12.3 Å². The van der Waals surface area contributed by atoms with Crippen LogP contribution in [-0.2, 0) is 14.8 Å². The third-order valence-corrected chi connectivity index (χ3v) is 5.38. The normalized spacial score (nSPS) is 15.3. The lowest BCUT2D eigenvalue weighted by molar-refractivity contribution is -0.116. The van der Waals surface area contributed by atoms with Gasteiger partial charge in [-0.2, -0.15) is 8.42 Å². The van der Waals surface area contributed by atoms with Crippen LogP contribution in [-0.4, -0.2) is 25.1 Å². The summed E-state index contributed by atoms with van der Waals surface area (Å²) in [5, 5.41) is 8.00. The molecule has 7 nitrogen and oxygen atoms in total. The number of nitrogens with zero attached hydrogens (tertiary/aromatic N) is 2. The Hall–Kier alpha value is -2.26. The van der Waals surface area contributed by atoms with Gasteiger partial charge in [-0.05, 0) is 19.1 Å². The summed E-state index contributed by atoms with van der Waals surface area (Å²) in [6.45, 7) is 1.84. The van der Waals surface area contributed by atoms with Gasteiger partial charge in [0.1, 0.15) is 10.7 Å². The number of thiazole rings is 1. The molecule has 2 heterocycles. The Morgan fingerprint density at radius 2 is 2.13 bits per heavy atom. The lowest BCUT2D eigenvalue weighted by Crippen LogP contribution is -2.23. The molecule has 1 aromatic carbocycles. The van der Waals surface area contributed by atoms with Gasteiger partial charge in [0.15, 0.2) is 5.13 Å². The summed E-state index contributed by atoms with van der Waals surface area (Å²) in [7, 11) is -3.71. The van der Waals surface area contributed by atoms with E-state index >= 15 is 0 Å². The highest BCUT2D eigenvalue weighted by molar-refractivity contribution is 7.90. The molecule has 0 fully saturated rings. The van der Waals surface area contributed by atoms with E-state index in [0.29, 0.717) is 10.8 Å². The summed E-state index contributed by atoms with van der Waals surface area (Å²) in [4.78, 5) is 16.2. The van der Waals surface area contributed by atoms with Gasteiger partial charge in [0, 0.05) is 18.2 Å². The molecule has 23 heavy (non-hydrogen) atoms. The molecule has 3 rings (SSSR count). The lowest BCUT2D eigenvalue weighted by Gasteiger charge is -2.17. The van der Waals surface area contributed by atoms with Gasteiger partial charge in [-0.1, -0.05) is 12.1 Å². The minimum Gasteiger partial charge on any atom is -0.342 e. The highest BCUT2D eigenvalue weighted by Gasteiger charge is 2.24. The number of rotatable bonds is 4. The highest BCUT2D eigenvalue weighted by Crippen LogP contribution is 2.27. The highest BCUT2D eigenvalue weighted by atomic mass is 32.2. The van der Waals surface area contributed by atoms with Crippen molar-refractivity contribution in [2.75, 3.05) is 10.6 Å². The number of fused-ring (bicyclic) bond motifs is 1. The summed E-state index contributed by atoms with van der Waals surface area (Å²) in [6.07, 6.45) is 0.311. The van der Waals surface area contributed by atoms with E-state index in [1.165, 1.54) is 17.4 Å². The van der Waals surface area contributed by atoms with E-state index in [1.54, 1.807) is 18.2 Å². The van der Waals surface area contributed by atoms with Crippen molar-refractivity contribution in [2.24, 2.45) is 4.40 Å². The fourth-order valence-corrected chi connectivity index (χ4v) is 3.98. The molecule has 0 bridgehead atoms. The zero-order valence-electron chi connectivity index (χ0n) is 12.2. The maximum Gasteiger partial charge on any atom is 0.286 e. The Bertz CT molecular complexity index is 887. The zero-order valence-corrected chi connectivity index (χ0v) is 13.9. The van der Waals surface area contributed by atoms with Gasteiger partial charge in [-0.15, -0.1) is 15.7 Å². The number of anilines is 2. The average molecular weight is 350 g/mol. The van der Waals surface area contributed by atoms with Gasteiger partial charge in [0.2, 0.25) is 5.91 Å². The summed E-state index contributed by atoms with van der Waals surface area (Å²) in [6, 6.07) is 6.54. The fourth-order valence-electron chi connectivity index (χ4n) is 2.10. The van der Waals surface area contributed by atoms with Crippen LogP contribution >= 0.6 is 11.3 Å². The summed E-state index contributed by atoms with van der Waals surface area (Å²) < 4.78 is 27.9. The SMILES string of the molecule is Cc1csc(NC(=O)CCC2=NS(=O)(=O)c3ccccc3N2)n1. The van der Waals surface area contributed by atoms with Crippen molar-refractivity contribution >= 4 is 43.9 Å². The van der Waals surface area contributed by atoms with Gasteiger partial charge < -0.3 is 10.6 Å². The van der Waals surface area contributed by atoms with Crippen LogP contribution in [0.3, 0.4) is 0 Å². The number of aryl methyl sites for hydroxylation is 1. The largest absolute Gasteiger partial charge is 0.342 e. The van der Waals surface area contributed by atoms with E-state index < -0.39 is 10.0 Å². The number of carbonyl (C=O) groups excluding carboxylic acids is 1. The summed E-state index contributed by atoms with van der Waals surface area (Å²) in [5.41, 5.74) is 1.32. The number of para-hydroxylation sites is 1. The Morgan fingerprint density at radius 3 is 2.87 bits per heavy atom. The van der Waals surface area contributed by atoms with Crippen molar-refractivity contribution < 1.29 is 13.2 Å². The predicted octanol–water partition coefficient (Wildman–Crippen LogP) is 2.38. The van der Waals surface area contributed by atoms with Crippen LogP contribution < -0.4 is 10.6 Å². The van der Waals surface area contributed by atoms with Crippen molar-refractivity contribution in [3.05, 3.63) is 35.3 Å². The Labute approximate surface area is 137 Å². The molecule has 9 heteroatoms. The second-order valence-electron chi connectivity index (χ2n) is 4.98. The van der Waals surface area contributed by atoms with Crippen LogP contribution in [0.1, 0.15) is 18.5 Å². The molecule has 2 N–H and O–H groups in total. The topological polar surface area (TPSA) is 101 Å². The van der Waals surface area contributed by atoms with Crippen LogP contribution in [0.5, 0.6) is 0 Å². The number of amidine groups is 1. The molecular weight excluding hydrogens is 336 g/mol. The monoisotopic (exact) mass is 350 g/mol. The molecule has 0 spiro atoms. The van der Waals surface area contributed by atoms with E-state index in [-0.39, 0.29) is 29.5 Å². The van der Waals surface area contributed by atoms with Gasteiger partial charge >= 0.3 is 0 Å². The Morgan fingerprint density at radius 1 is 1.35 bits per heavy atom. The van der Waals surface area contributed by atoms with Crippen molar-refractivity contribution in [2.45, 2.75) is 24.7 Å². The number of hydrogen-bond donors (Lipinski definition) is 2. The Kier molecular flexibility index (Phi) is 4.14. The number of benzene rings is 1. The minimum absolute atomic E-state index is 0.113.